The number of amides is 1. The highest BCUT2D eigenvalue weighted by atomic mass is 16.5. The molecule has 1 rings (SSSR count). The van der Waals surface area contributed by atoms with Crippen molar-refractivity contribution in [3.05, 3.63) is 23.8 Å². The average molecular weight is 280 g/mol. The first-order valence-corrected chi connectivity index (χ1v) is 6.49. The number of anilines is 1. The van der Waals surface area contributed by atoms with Crippen LogP contribution < -0.4 is 15.8 Å². The van der Waals surface area contributed by atoms with Crippen LogP contribution in [0.25, 0.3) is 0 Å². The fourth-order valence-corrected chi connectivity index (χ4v) is 1.84. The van der Waals surface area contributed by atoms with Crippen molar-refractivity contribution in [2.75, 3.05) is 12.3 Å². The molecular weight excluding hydrogens is 260 g/mol. The quantitative estimate of drug-likeness (QED) is 0.659. The maximum absolute atomic E-state index is 11.7. The summed E-state index contributed by atoms with van der Waals surface area (Å²) in [6, 6.07) is 4.49. The summed E-state index contributed by atoms with van der Waals surface area (Å²) in [5.74, 6) is -1.42. The van der Waals surface area contributed by atoms with Gasteiger partial charge in [0, 0.05) is 6.04 Å². The van der Waals surface area contributed by atoms with Crippen molar-refractivity contribution in [1.29, 1.82) is 0 Å². The summed E-state index contributed by atoms with van der Waals surface area (Å²) in [4.78, 5) is 22.7. The van der Waals surface area contributed by atoms with Crippen molar-refractivity contribution in [2.45, 2.75) is 32.7 Å². The van der Waals surface area contributed by atoms with Gasteiger partial charge in [-0.05, 0) is 25.5 Å². The number of rotatable bonds is 7. The first-order valence-electron chi connectivity index (χ1n) is 6.49. The van der Waals surface area contributed by atoms with E-state index in [-0.39, 0.29) is 35.6 Å². The Morgan fingerprint density at radius 2 is 2.15 bits per heavy atom. The zero-order chi connectivity index (χ0) is 15.1. The summed E-state index contributed by atoms with van der Waals surface area (Å²) in [7, 11) is 0. The van der Waals surface area contributed by atoms with Gasteiger partial charge in [-0.25, -0.2) is 4.79 Å². The molecule has 1 atom stereocenters. The second-order valence-electron chi connectivity index (χ2n) is 4.57. The maximum atomic E-state index is 11.7. The van der Waals surface area contributed by atoms with E-state index in [1.54, 1.807) is 0 Å². The van der Waals surface area contributed by atoms with Crippen LogP contribution in [0.1, 0.15) is 37.0 Å². The molecule has 0 saturated carbocycles. The van der Waals surface area contributed by atoms with E-state index in [0.29, 0.717) is 0 Å². The van der Waals surface area contributed by atoms with Crippen molar-refractivity contribution >= 4 is 17.6 Å². The summed E-state index contributed by atoms with van der Waals surface area (Å²) in [6.07, 6.45) is 1.84. The lowest BCUT2D eigenvalue weighted by Gasteiger charge is -2.14. The fourth-order valence-electron chi connectivity index (χ4n) is 1.84. The van der Waals surface area contributed by atoms with Crippen molar-refractivity contribution < 1.29 is 19.4 Å². The van der Waals surface area contributed by atoms with E-state index >= 15 is 0 Å². The van der Waals surface area contributed by atoms with Crippen molar-refractivity contribution in [1.82, 2.24) is 5.32 Å². The first kappa shape index (κ1) is 15.8. The molecule has 0 saturated heterocycles. The topological polar surface area (TPSA) is 102 Å². The summed E-state index contributed by atoms with van der Waals surface area (Å²) < 4.78 is 5.25. The van der Waals surface area contributed by atoms with E-state index in [0.717, 1.165) is 12.8 Å². The predicted octanol–water partition coefficient (Wildman–Crippen LogP) is 1.65. The van der Waals surface area contributed by atoms with E-state index in [1.165, 1.54) is 18.2 Å². The van der Waals surface area contributed by atoms with E-state index in [1.807, 2.05) is 13.8 Å². The third-order valence-electron chi connectivity index (χ3n) is 2.75. The largest absolute Gasteiger partial charge is 0.481 e. The van der Waals surface area contributed by atoms with Gasteiger partial charge in [0.05, 0.1) is 5.69 Å². The summed E-state index contributed by atoms with van der Waals surface area (Å²) in [5.41, 5.74) is 5.81. The van der Waals surface area contributed by atoms with Gasteiger partial charge in [-0.15, -0.1) is 0 Å². The number of carbonyl (C=O) groups excluding carboxylic acids is 1. The van der Waals surface area contributed by atoms with Crippen molar-refractivity contribution in [3.8, 4) is 5.75 Å². The first-order chi connectivity index (χ1) is 9.45. The van der Waals surface area contributed by atoms with Crippen molar-refractivity contribution in [3.63, 3.8) is 0 Å². The van der Waals surface area contributed by atoms with E-state index in [2.05, 4.69) is 5.32 Å². The van der Waals surface area contributed by atoms with Gasteiger partial charge in [0.2, 0.25) is 0 Å². The van der Waals surface area contributed by atoms with E-state index < -0.39 is 5.97 Å². The number of benzene rings is 1. The average Bonchev–Trinajstić information content (AvgIpc) is 2.37. The third kappa shape index (κ3) is 4.46. The highest BCUT2D eigenvalue weighted by Crippen LogP contribution is 2.26. The van der Waals surface area contributed by atoms with Crippen LogP contribution in [0.3, 0.4) is 0 Å². The van der Waals surface area contributed by atoms with Gasteiger partial charge in [0.1, 0.15) is 5.56 Å². The molecular formula is C14H20N2O4. The van der Waals surface area contributed by atoms with Crippen LogP contribution >= 0.6 is 0 Å². The molecule has 0 aliphatic carbocycles. The minimum Gasteiger partial charge on any atom is -0.481 e. The molecule has 4 N–H and O–H groups in total. The number of carbonyl (C=O) groups is 2. The molecule has 20 heavy (non-hydrogen) atoms. The summed E-state index contributed by atoms with van der Waals surface area (Å²) in [6.45, 7) is 3.67. The molecule has 1 aromatic rings. The fraction of sp³-hybridized carbons (Fsp3) is 0.429. The van der Waals surface area contributed by atoms with Crippen LogP contribution in [0.4, 0.5) is 5.69 Å². The van der Waals surface area contributed by atoms with Crippen LogP contribution in [-0.2, 0) is 4.79 Å². The minimum atomic E-state index is -1.15. The normalized spacial score (nSPS) is 11.7. The Kier molecular flexibility index (Phi) is 5.83. The van der Waals surface area contributed by atoms with Crippen molar-refractivity contribution in [2.24, 2.45) is 0 Å². The smallest absolute Gasteiger partial charge is 0.339 e. The molecule has 0 aliphatic rings. The maximum Gasteiger partial charge on any atom is 0.339 e. The molecule has 0 radical (unpaired) electrons. The summed E-state index contributed by atoms with van der Waals surface area (Å²) in [5, 5.41) is 11.8. The number of ether oxygens (including phenoxy) is 1. The number of hydrogen-bond acceptors (Lipinski definition) is 4. The molecule has 0 heterocycles. The van der Waals surface area contributed by atoms with E-state index in [4.69, 9.17) is 15.6 Å². The number of carboxylic acids is 1. The molecule has 0 bridgehead atoms. The molecule has 0 spiro atoms. The number of nitrogens with one attached hydrogen (secondary N) is 1. The SMILES string of the molecule is CCCC(C)NC(=O)COc1c(N)cccc1C(=O)O. The van der Waals surface area contributed by atoms with Crippen LogP contribution in [0.2, 0.25) is 0 Å². The van der Waals surface area contributed by atoms with Gasteiger partial charge in [-0.1, -0.05) is 19.4 Å². The lowest BCUT2D eigenvalue weighted by Crippen LogP contribution is -2.36. The van der Waals surface area contributed by atoms with Gasteiger partial charge >= 0.3 is 5.97 Å². The Labute approximate surface area is 117 Å². The lowest BCUT2D eigenvalue weighted by molar-refractivity contribution is -0.123. The molecule has 0 fully saturated rings. The number of nitrogen functional groups attached to an aromatic ring is 1. The molecule has 110 valence electrons. The molecule has 1 unspecified atom stereocenters. The Morgan fingerprint density at radius 3 is 2.75 bits per heavy atom. The van der Waals surface area contributed by atoms with E-state index in [9.17, 15) is 9.59 Å². The minimum absolute atomic E-state index is 0.0262. The number of hydrogen-bond donors (Lipinski definition) is 3. The second-order valence-corrected chi connectivity index (χ2v) is 4.57. The van der Waals surface area contributed by atoms with Gasteiger partial charge in [-0.2, -0.15) is 0 Å². The van der Waals surface area contributed by atoms with Crippen LogP contribution in [0.5, 0.6) is 5.75 Å². The highest BCUT2D eigenvalue weighted by Gasteiger charge is 2.15. The Hall–Kier alpha value is -2.24. The zero-order valence-electron chi connectivity index (χ0n) is 11.7. The van der Waals surface area contributed by atoms with Gasteiger partial charge < -0.3 is 20.9 Å². The number of nitrogens with two attached hydrogens (primary N) is 1. The van der Waals surface area contributed by atoms with Gasteiger partial charge in [0.15, 0.2) is 12.4 Å². The Bertz CT molecular complexity index is 488. The standard InChI is InChI=1S/C14H20N2O4/c1-3-5-9(2)16-12(17)8-20-13-10(14(18)19)6-4-7-11(13)15/h4,6-7,9H,3,5,8,15H2,1-2H3,(H,16,17)(H,18,19). The molecule has 6 heteroatoms. The van der Waals surface area contributed by atoms with Gasteiger partial charge in [-0.3, -0.25) is 4.79 Å². The number of aromatic carboxylic acids is 1. The second kappa shape index (κ2) is 7.37. The zero-order valence-corrected chi connectivity index (χ0v) is 11.7. The number of carboxylic acid groups (broad SMARTS) is 1. The molecule has 1 aromatic carbocycles. The Morgan fingerprint density at radius 1 is 1.45 bits per heavy atom. The molecule has 0 aromatic heterocycles. The Balaban J connectivity index is 2.66. The molecule has 0 aliphatic heterocycles. The van der Waals surface area contributed by atoms with Gasteiger partial charge in [0.25, 0.3) is 5.91 Å². The van der Waals surface area contributed by atoms with Crippen LogP contribution in [-0.4, -0.2) is 29.6 Å². The monoisotopic (exact) mass is 280 g/mol. The lowest BCUT2D eigenvalue weighted by atomic mass is 10.2. The van der Waals surface area contributed by atoms with Crippen LogP contribution in [0.15, 0.2) is 18.2 Å². The van der Waals surface area contributed by atoms with Crippen LogP contribution in [0, 0.1) is 0 Å². The highest BCUT2D eigenvalue weighted by molar-refractivity contribution is 5.93. The number of para-hydroxylation sites is 1. The molecule has 6 nitrogen and oxygen atoms in total. The predicted molar refractivity (Wildman–Crippen MR) is 75.8 cm³/mol. The summed E-state index contributed by atoms with van der Waals surface area (Å²) >= 11 is 0. The molecule has 1 amide bonds. The third-order valence-corrected chi connectivity index (χ3v) is 2.75.